The maximum Gasteiger partial charge on any atom is 0.246 e. The normalized spacial score (nSPS) is 40.0. The van der Waals surface area contributed by atoms with Gasteiger partial charge in [-0.1, -0.05) is 0 Å². The van der Waals surface area contributed by atoms with Gasteiger partial charge in [-0.05, 0) is 19.8 Å². The molecule has 1 saturated carbocycles. The van der Waals surface area contributed by atoms with E-state index in [2.05, 4.69) is 0 Å². The first-order valence-electron chi connectivity index (χ1n) is 3.36. The predicted molar refractivity (Wildman–Crippen MR) is 34.1 cm³/mol. The summed E-state index contributed by atoms with van der Waals surface area (Å²) < 4.78 is 13.1. The van der Waals surface area contributed by atoms with E-state index >= 15 is 0 Å². The van der Waals surface area contributed by atoms with Crippen LogP contribution < -0.4 is 0 Å². The molecule has 58 valence electrons. The Morgan fingerprint density at radius 2 is 2.40 bits per heavy atom. The second-order valence-corrected chi connectivity index (χ2v) is 2.97. The molecule has 1 fully saturated rings. The second kappa shape index (κ2) is 2.18. The van der Waals surface area contributed by atoms with E-state index in [4.69, 9.17) is 0 Å². The molecule has 0 saturated heterocycles. The molecule has 0 aromatic carbocycles. The molecule has 0 aliphatic heterocycles. The molecule has 0 radical (unpaired) electrons. The Kier molecular flexibility index (Phi) is 1.62. The largest absolute Gasteiger partial charge is 0.264 e. The van der Waals surface area contributed by atoms with Gasteiger partial charge in [0, 0.05) is 11.3 Å². The van der Waals surface area contributed by atoms with Crippen molar-refractivity contribution in [2.45, 2.75) is 37.9 Å². The third kappa shape index (κ3) is 1.10. The quantitative estimate of drug-likeness (QED) is 0.417. The SMILES string of the molecule is CC1(F)CCCC1[N+](=O)[O-]. The second-order valence-electron chi connectivity index (χ2n) is 2.97. The van der Waals surface area contributed by atoms with E-state index in [0.717, 1.165) is 0 Å². The van der Waals surface area contributed by atoms with Crippen LogP contribution >= 0.6 is 0 Å². The first-order valence-corrected chi connectivity index (χ1v) is 3.36. The summed E-state index contributed by atoms with van der Waals surface area (Å²) in [5, 5.41) is 10.2. The Morgan fingerprint density at radius 3 is 2.60 bits per heavy atom. The van der Waals surface area contributed by atoms with Gasteiger partial charge in [0.15, 0.2) is 5.67 Å². The van der Waals surface area contributed by atoms with E-state index in [1.54, 1.807) is 0 Å². The van der Waals surface area contributed by atoms with Crippen LogP contribution in [0.4, 0.5) is 4.39 Å². The lowest BCUT2D eigenvalue weighted by atomic mass is 10.0. The van der Waals surface area contributed by atoms with Gasteiger partial charge in [0.05, 0.1) is 0 Å². The highest BCUT2D eigenvalue weighted by molar-refractivity contribution is 4.88. The molecule has 0 amide bonds. The summed E-state index contributed by atoms with van der Waals surface area (Å²) in [6, 6.07) is -0.965. The molecule has 1 aliphatic rings. The molecule has 0 heterocycles. The topological polar surface area (TPSA) is 43.1 Å². The Labute approximate surface area is 58.4 Å². The summed E-state index contributed by atoms with van der Waals surface area (Å²) >= 11 is 0. The van der Waals surface area contributed by atoms with Crippen LogP contribution in [0.1, 0.15) is 26.2 Å². The number of halogens is 1. The Balaban J connectivity index is 2.68. The van der Waals surface area contributed by atoms with E-state index in [9.17, 15) is 14.5 Å². The van der Waals surface area contributed by atoms with Gasteiger partial charge in [0.2, 0.25) is 6.04 Å². The minimum atomic E-state index is -1.57. The van der Waals surface area contributed by atoms with Crippen molar-refractivity contribution in [3.8, 4) is 0 Å². The molecule has 0 aromatic heterocycles. The van der Waals surface area contributed by atoms with Crippen molar-refractivity contribution < 1.29 is 9.31 Å². The summed E-state index contributed by atoms with van der Waals surface area (Å²) in [6.45, 7) is 1.31. The average Bonchev–Trinajstić information content (AvgIpc) is 2.08. The van der Waals surface area contributed by atoms with Crippen molar-refractivity contribution in [3.05, 3.63) is 10.1 Å². The van der Waals surface area contributed by atoms with E-state index in [-0.39, 0.29) is 0 Å². The lowest BCUT2D eigenvalue weighted by Crippen LogP contribution is -2.35. The lowest BCUT2D eigenvalue weighted by molar-refractivity contribution is -0.535. The molecule has 10 heavy (non-hydrogen) atoms. The molecule has 4 heteroatoms. The number of alkyl halides is 1. The summed E-state index contributed by atoms with van der Waals surface area (Å²) in [6.07, 6.45) is 1.36. The number of nitrogens with zero attached hydrogens (tertiary/aromatic N) is 1. The first kappa shape index (κ1) is 7.44. The van der Waals surface area contributed by atoms with Gasteiger partial charge in [0.1, 0.15) is 0 Å². The fourth-order valence-corrected chi connectivity index (χ4v) is 1.43. The summed E-state index contributed by atoms with van der Waals surface area (Å²) in [5.41, 5.74) is -1.57. The van der Waals surface area contributed by atoms with Crippen LogP contribution in [-0.4, -0.2) is 16.6 Å². The summed E-state index contributed by atoms with van der Waals surface area (Å²) in [5.74, 6) is 0. The molecule has 0 N–H and O–H groups in total. The number of rotatable bonds is 1. The van der Waals surface area contributed by atoms with Crippen molar-refractivity contribution in [1.29, 1.82) is 0 Å². The van der Waals surface area contributed by atoms with Gasteiger partial charge in [-0.15, -0.1) is 0 Å². The van der Waals surface area contributed by atoms with Crippen LogP contribution in [0.15, 0.2) is 0 Å². The van der Waals surface area contributed by atoms with Crippen molar-refractivity contribution in [2.24, 2.45) is 0 Å². The van der Waals surface area contributed by atoms with Crippen molar-refractivity contribution in [2.75, 3.05) is 0 Å². The third-order valence-corrected chi connectivity index (χ3v) is 2.09. The number of hydrogen-bond donors (Lipinski definition) is 0. The molecule has 0 aromatic rings. The molecule has 2 atom stereocenters. The van der Waals surface area contributed by atoms with Gasteiger partial charge in [-0.2, -0.15) is 0 Å². The van der Waals surface area contributed by atoms with Gasteiger partial charge >= 0.3 is 0 Å². The Hall–Kier alpha value is -0.670. The Bertz CT molecular complexity index is 158. The fraction of sp³-hybridized carbons (Fsp3) is 1.00. The van der Waals surface area contributed by atoms with Crippen molar-refractivity contribution >= 4 is 0 Å². The molecule has 1 rings (SSSR count). The monoisotopic (exact) mass is 147 g/mol. The third-order valence-electron chi connectivity index (χ3n) is 2.09. The molecule has 3 nitrogen and oxygen atoms in total. The van der Waals surface area contributed by atoms with Crippen LogP contribution in [0.5, 0.6) is 0 Å². The zero-order valence-electron chi connectivity index (χ0n) is 5.84. The highest BCUT2D eigenvalue weighted by atomic mass is 19.1. The van der Waals surface area contributed by atoms with Gasteiger partial charge in [-0.3, -0.25) is 10.1 Å². The maximum atomic E-state index is 13.1. The molecular formula is C6H10FNO2. The van der Waals surface area contributed by atoms with Crippen LogP contribution in [0.2, 0.25) is 0 Å². The number of hydrogen-bond acceptors (Lipinski definition) is 2. The van der Waals surface area contributed by atoms with Crippen LogP contribution in [0.25, 0.3) is 0 Å². The summed E-state index contributed by atoms with van der Waals surface area (Å²) in [7, 11) is 0. The van der Waals surface area contributed by atoms with Crippen molar-refractivity contribution in [1.82, 2.24) is 0 Å². The van der Waals surface area contributed by atoms with Gasteiger partial charge < -0.3 is 0 Å². The van der Waals surface area contributed by atoms with E-state index in [1.165, 1.54) is 6.92 Å². The first-order chi connectivity index (χ1) is 4.54. The van der Waals surface area contributed by atoms with Crippen LogP contribution in [-0.2, 0) is 0 Å². The minimum absolute atomic E-state index is 0.332. The molecule has 1 aliphatic carbocycles. The zero-order valence-corrected chi connectivity index (χ0v) is 5.84. The maximum absolute atomic E-state index is 13.1. The minimum Gasteiger partial charge on any atom is -0.264 e. The lowest BCUT2D eigenvalue weighted by Gasteiger charge is -2.14. The fourth-order valence-electron chi connectivity index (χ4n) is 1.43. The average molecular weight is 147 g/mol. The zero-order chi connectivity index (χ0) is 7.78. The highest BCUT2D eigenvalue weighted by Crippen LogP contribution is 2.34. The predicted octanol–water partition coefficient (Wildman–Crippen LogP) is 1.54. The molecule has 0 bridgehead atoms. The standard InChI is InChI=1S/C6H10FNO2/c1-6(7)4-2-3-5(6)8(9)10/h5H,2-4H2,1H3. The number of nitro groups is 1. The van der Waals surface area contributed by atoms with Gasteiger partial charge in [0.25, 0.3) is 0 Å². The van der Waals surface area contributed by atoms with E-state index in [1.807, 2.05) is 0 Å². The van der Waals surface area contributed by atoms with Crippen LogP contribution in [0, 0.1) is 10.1 Å². The van der Waals surface area contributed by atoms with Crippen molar-refractivity contribution in [3.63, 3.8) is 0 Å². The smallest absolute Gasteiger partial charge is 0.246 e. The van der Waals surface area contributed by atoms with E-state index in [0.29, 0.717) is 19.3 Å². The Morgan fingerprint density at radius 1 is 1.80 bits per heavy atom. The molecule has 0 spiro atoms. The molecular weight excluding hydrogens is 137 g/mol. The van der Waals surface area contributed by atoms with Gasteiger partial charge in [-0.25, -0.2) is 4.39 Å². The molecule has 2 unspecified atom stereocenters. The summed E-state index contributed by atoms with van der Waals surface area (Å²) in [4.78, 5) is 9.68. The van der Waals surface area contributed by atoms with E-state index < -0.39 is 16.6 Å². The van der Waals surface area contributed by atoms with Crippen LogP contribution in [0.3, 0.4) is 0 Å². The highest BCUT2D eigenvalue weighted by Gasteiger charge is 2.47.